The average Bonchev–Trinajstić information content (AvgIpc) is 2.57. The molecule has 1 atom stereocenters. The lowest BCUT2D eigenvalue weighted by molar-refractivity contribution is 0.268. The number of benzene rings is 1. The molecule has 2 nitrogen and oxygen atoms in total. The van der Waals surface area contributed by atoms with Gasteiger partial charge >= 0.3 is 0 Å². The molecule has 1 saturated heterocycles. The Kier molecular flexibility index (Phi) is 4.84. The van der Waals surface area contributed by atoms with Crippen LogP contribution in [-0.2, 0) is 0 Å². The van der Waals surface area contributed by atoms with Gasteiger partial charge in [0.15, 0.2) is 0 Å². The third-order valence-electron chi connectivity index (χ3n) is 3.43. The van der Waals surface area contributed by atoms with Gasteiger partial charge in [0.2, 0.25) is 0 Å². The summed E-state index contributed by atoms with van der Waals surface area (Å²) < 4.78 is 0. The zero-order chi connectivity index (χ0) is 12.1. The molecule has 1 heterocycles. The smallest absolute Gasteiger partial charge is 0.0424 e. The minimum absolute atomic E-state index is 0.0757. The van der Waals surface area contributed by atoms with Crippen molar-refractivity contribution in [1.29, 1.82) is 0 Å². The number of nitrogens with two attached hydrogens (primary N) is 1. The molecule has 0 bridgehead atoms. The van der Waals surface area contributed by atoms with E-state index in [-0.39, 0.29) is 6.04 Å². The quantitative estimate of drug-likeness (QED) is 0.895. The Labute approximate surface area is 109 Å². The minimum atomic E-state index is 0.0757. The maximum atomic E-state index is 6.25. The third kappa shape index (κ3) is 3.98. The lowest BCUT2D eigenvalue weighted by atomic mass is 10.1. The van der Waals surface area contributed by atoms with Crippen LogP contribution in [0.1, 0.15) is 37.3 Å². The van der Waals surface area contributed by atoms with Crippen LogP contribution in [0.2, 0.25) is 5.02 Å². The van der Waals surface area contributed by atoms with Gasteiger partial charge in [0.1, 0.15) is 0 Å². The molecule has 3 heteroatoms. The van der Waals surface area contributed by atoms with Gasteiger partial charge in [0.25, 0.3) is 0 Å². The molecule has 0 spiro atoms. The molecule has 0 aromatic heterocycles. The zero-order valence-corrected chi connectivity index (χ0v) is 11.0. The lowest BCUT2D eigenvalue weighted by Gasteiger charge is -2.24. The number of nitrogens with zero attached hydrogens (tertiary/aromatic N) is 1. The van der Waals surface area contributed by atoms with Crippen molar-refractivity contribution in [2.75, 3.05) is 19.6 Å². The fourth-order valence-corrected chi connectivity index (χ4v) is 2.64. The summed E-state index contributed by atoms with van der Waals surface area (Å²) in [7, 11) is 0. The molecule has 1 aromatic carbocycles. The molecule has 1 aliphatic rings. The summed E-state index contributed by atoms with van der Waals surface area (Å²) in [6.07, 6.45) is 5.34. The average molecular weight is 253 g/mol. The van der Waals surface area contributed by atoms with Crippen LogP contribution in [0.5, 0.6) is 0 Å². The second-order valence-corrected chi connectivity index (χ2v) is 5.31. The molecule has 2 rings (SSSR count). The number of hydrogen-bond acceptors (Lipinski definition) is 2. The van der Waals surface area contributed by atoms with Crippen LogP contribution in [0.15, 0.2) is 24.3 Å². The molecule has 0 saturated carbocycles. The topological polar surface area (TPSA) is 29.3 Å². The largest absolute Gasteiger partial charge is 0.323 e. The van der Waals surface area contributed by atoms with Gasteiger partial charge in [-0.1, -0.05) is 36.6 Å². The first-order valence-electron chi connectivity index (χ1n) is 6.49. The van der Waals surface area contributed by atoms with E-state index in [0.717, 1.165) is 17.1 Å². The van der Waals surface area contributed by atoms with Gasteiger partial charge < -0.3 is 10.6 Å². The molecule has 17 heavy (non-hydrogen) atoms. The van der Waals surface area contributed by atoms with Gasteiger partial charge in [-0.05, 0) is 43.6 Å². The van der Waals surface area contributed by atoms with Crippen molar-refractivity contribution >= 4 is 11.6 Å². The van der Waals surface area contributed by atoms with Crippen molar-refractivity contribution in [3.8, 4) is 0 Å². The second kappa shape index (κ2) is 6.39. The maximum absolute atomic E-state index is 6.25. The number of rotatable bonds is 3. The summed E-state index contributed by atoms with van der Waals surface area (Å²) in [4.78, 5) is 2.48. The number of likely N-dealkylation sites (tertiary alicyclic amines) is 1. The first kappa shape index (κ1) is 12.9. The summed E-state index contributed by atoms with van der Waals surface area (Å²) in [5.74, 6) is 0. The van der Waals surface area contributed by atoms with Gasteiger partial charge in [0.05, 0.1) is 0 Å². The van der Waals surface area contributed by atoms with Crippen LogP contribution in [-0.4, -0.2) is 24.5 Å². The molecule has 1 aromatic rings. The highest BCUT2D eigenvalue weighted by molar-refractivity contribution is 6.30. The molecular weight excluding hydrogens is 232 g/mol. The predicted octanol–water partition coefficient (Wildman–Crippen LogP) is 3.22. The fourth-order valence-electron chi connectivity index (χ4n) is 2.44. The summed E-state index contributed by atoms with van der Waals surface area (Å²) in [6.45, 7) is 3.32. The summed E-state index contributed by atoms with van der Waals surface area (Å²) in [5.41, 5.74) is 7.39. The lowest BCUT2D eigenvalue weighted by Crippen LogP contribution is -2.32. The van der Waals surface area contributed by atoms with Crippen molar-refractivity contribution in [1.82, 2.24) is 4.90 Å². The van der Waals surface area contributed by atoms with Crippen molar-refractivity contribution < 1.29 is 0 Å². The molecule has 0 aliphatic carbocycles. The summed E-state index contributed by atoms with van der Waals surface area (Å²) >= 11 is 5.99. The summed E-state index contributed by atoms with van der Waals surface area (Å²) in [5, 5.41) is 0.772. The Morgan fingerprint density at radius 3 is 2.53 bits per heavy atom. The summed E-state index contributed by atoms with van der Waals surface area (Å²) in [6, 6.07) is 7.98. The van der Waals surface area contributed by atoms with Crippen molar-refractivity contribution in [2.45, 2.75) is 31.7 Å². The molecular formula is C14H21ClN2. The highest BCUT2D eigenvalue weighted by Crippen LogP contribution is 2.18. The van der Waals surface area contributed by atoms with Crippen molar-refractivity contribution in [2.24, 2.45) is 5.73 Å². The highest BCUT2D eigenvalue weighted by atomic mass is 35.5. The van der Waals surface area contributed by atoms with E-state index in [9.17, 15) is 0 Å². The Morgan fingerprint density at radius 1 is 1.18 bits per heavy atom. The van der Waals surface area contributed by atoms with E-state index in [4.69, 9.17) is 17.3 Å². The SMILES string of the molecule is NC(CN1CCCCCC1)c1cccc(Cl)c1. The van der Waals surface area contributed by atoms with E-state index in [2.05, 4.69) is 11.0 Å². The van der Waals surface area contributed by atoms with E-state index in [1.54, 1.807) is 0 Å². The van der Waals surface area contributed by atoms with E-state index in [1.165, 1.54) is 38.8 Å². The van der Waals surface area contributed by atoms with Crippen LogP contribution in [0.4, 0.5) is 0 Å². The standard InChI is InChI=1S/C14H21ClN2/c15-13-7-5-6-12(10-13)14(16)11-17-8-3-1-2-4-9-17/h5-7,10,14H,1-4,8-9,11,16H2. The normalized spacial score (nSPS) is 19.9. The number of hydrogen-bond donors (Lipinski definition) is 1. The first-order chi connectivity index (χ1) is 8.25. The molecule has 94 valence electrons. The zero-order valence-electron chi connectivity index (χ0n) is 10.2. The third-order valence-corrected chi connectivity index (χ3v) is 3.67. The Balaban J connectivity index is 1.93. The second-order valence-electron chi connectivity index (χ2n) is 4.88. The molecule has 1 unspecified atom stereocenters. The number of halogens is 1. The van der Waals surface area contributed by atoms with Crippen LogP contribution < -0.4 is 5.73 Å². The maximum Gasteiger partial charge on any atom is 0.0424 e. The van der Waals surface area contributed by atoms with Gasteiger partial charge in [-0.2, -0.15) is 0 Å². The van der Waals surface area contributed by atoms with Gasteiger partial charge in [-0.3, -0.25) is 0 Å². The minimum Gasteiger partial charge on any atom is -0.323 e. The van der Waals surface area contributed by atoms with E-state index >= 15 is 0 Å². The molecule has 2 N–H and O–H groups in total. The van der Waals surface area contributed by atoms with Crippen molar-refractivity contribution in [3.63, 3.8) is 0 Å². The predicted molar refractivity (Wildman–Crippen MR) is 73.3 cm³/mol. The van der Waals surface area contributed by atoms with Crippen molar-refractivity contribution in [3.05, 3.63) is 34.9 Å². The van der Waals surface area contributed by atoms with Gasteiger partial charge in [0, 0.05) is 17.6 Å². The molecule has 1 fully saturated rings. The Bertz CT molecular complexity index is 346. The Morgan fingerprint density at radius 2 is 1.88 bits per heavy atom. The van der Waals surface area contributed by atoms with E-state index in [0.29, 0.717) is 0 Å². The van der Waals surface area contributed by atoms with Crippen LogP contribution >= 0.6 is 11.6 Å². The van der Waals surface area contributed by atoms with Crippen LogP contribution in [0.25, 0.3) is 0 Å². The van der Waals surface area contributed by atoms with Crippen LogP contribution in [0.3, 0.4) is 0 Å². The fraction of sp³-hybridized carbons (Fsp3) is 0.571. The highest BCUT2D eigenvalue weighted by Gasteiger charge is 2.14. The van der Waals surface area contributed by atoms with E-state index < -0.39 is 0 Å². The monoisotopic (exact) mass is 252 g/mol. The molecule has 0 amide bonds. The Hall–Kier alpha value is -0.570. The molecule has 1 aliphatic heterocycles. The first-order valence-corrected chi connectivity index (χ1v) is 6.87. The molecule has 0 radical (unpaired) electrons. The van der Waals surface area contributed by atoms with Crippen LogP contribution in [0, 0.1) is 0 Å². The van der Waals surface area contributed by atoms with Gasteiger partial charge in [-0.25, -0.2) is 0 Å². The van der Waals surface area contributed by atoms with Gasteiger partial charge in [-0.15, -0.1) is 0 Å². The van der Waals surface area contributed by atoms with E-state index in [1.807, 2.05) is 18.2 Å².